The summed E-state index contributed by atoms with van der Waals surface area (Å²) in [5.74, 6) is 0. The van der Waals surface area contributed by atoms with Crippen LogP contribution in [0.15, 0.2) is 65.7 Å². The zero-order valence-corrected chi connectivity index (χ0v) is 10.8. The summed E-state index contributed by atoms with van der Waals surface area (Å²) >= 11 is 0. The Bertz CT molecular complexity index is 518. The molecule has 0 saturated heterocycles. The molecule has 0 aromatic heterocycles. The molecule has 0 heterocycles. The van der Waals surface area contributed by atoms with Crippen molar-refractivity contribution in [2.24, 2.45) is 4.99 Å². The van der Waals surface area contributed by atoms with Gasteiger partial charge < -0.3 is 0 Å². The van der Waals surface area contributed by atoms with E-state index in [0.29, 0.717) is 5.71 Å². The monoisotopic (exact) mass is 277 g/mol. The van der Waals surface area contributed by atoms with E-state index in [-0.39, 0.29) is 6.54 Å². The minimum absolute atomic E-state index is 0.261. The third-order valence-corrected chi connectivity index (χ3v) is 2.76. The quantitative estimate of drug-likeness (QED) is 0.731. The van der Waals surface area contributed by atoms with Crippen molar-refractivity contribution < 1.29 is 13.2 Å². The number of nitrogens with zero attached hydrogens (tertiary/aromatic N) is 1. The standard InChI is InChI=1S/C16H14F3N/c17-16(18,19)11-12-20-15(13-7-3-1-4-8-13)14-9-5-2-6-10-14/h1-10H,11-12H2. The zero-order valence-electron chi connectivity index (χ0n) is 10.8. The average Bonchev–Trinajstić information content (AvgIpc) is 2.44. The number of hydrogen-bond donors (Lipinski definition) is 0. The first-order chi connectivity index (χ1) is 9.56. The van der Waals surface area contributed by atoms with Crippen LogP contribution in [-0.2, 0) is 0 Å². The molecule has 0 radical (unpaired) electrons. The smallest absolute Gasteiger partial charge is 0.284 e. The van der Waals surface area contributed by atoms with Crippen LogP contribution < -0.4 is 0 Å². The Balaban J connectivity index is 2.28. The van der Waals surface area contributed by atoms with Gasteiger partial charge in [0.15, 0.2) is 0 Å². The van der Waals surface area contributed by atoms with Gasteiger partial charge in [0, 0.05) is 17.7 Å². The summed E-state index contributed by atoms with van der Waals surface area (Å²) in [7, 11) is 0. The maximum absolute atomic E-state index is 12.2. The predicted molar refractivity (Wildman–Crippen MR) is 74.1 cm³/mol. The molecule has 0 unspecified atom stereocenters. The zero-order chi connectivity index (χ0) is 14.4. The van der Waals surface area contributed by atoms with Gasteiger partial charge in [-0.2, -0.15) is 13.2 Å². The topological polar surface area (TPSA) is 12.4 Å². The van der Waals surface area contributed by atoms with Crippen molar-refractivity contribution in [2.75, 3.05) is 6.54 Å². The van der Waals surface area contributed by atoms with E-state index in [2.05, 4.69) is 4.99 Å². The van der Waals surface area contributed by atoms with Crippen molar-refractivity contribution in [3.05, 3.63) is 71.8 Å². The van der Waals surface area contributed by atoms with Crippen molar-refractivity contribution in [3.8, 4) is 0 Å². The van der Waals surface area contributed by atoms with Gasteiger partial charge in [-0.25, -0.2) is 0 Å². The van der Waals surface area contributed by atoms with Crippen molar-refractivity contribution in [1.29, 1.82) is 0 Å². The lowest BCUT2D eigenvalue weighted by atomic mass is 10.0. The van der Waals surface area contributed by atoms with Gasteiger partial charge in [-0.15, -0.1) is 0 Å². The molecule has 0 aliphatic heterocycles. The summed E-state index contributed by atoms with van der Waals surface area (Å²) in [5, 5.41) is 0. The summed E-state index contributed by atoms with van der Waals surface area (Å²) in [6, 6.07) is 18.5. The maximum Gasteiger partial charge on any atom is 0.390 e. The lowest BCUT2D eigenvalue weighted by molar-refractivity contribution is -0.132. The average molecular weight is 277 g/mol. The van der Waals surface area contributed by atoms with E-state index in [1.807, 2.05) is 60.7 Å². The third-order valence-electron chi connectivity index (χ3n) is 2.76. The number of halogens is 3. The molecule has 0 N–H and O–H groups in total. The number of benzene rings is 2. The highest BCUT2D eigenvalue weighted by molar-refractivity contribution is 6.12. The highest BCUT2D eigenvalue weighted by atomic mass is 19.4. The molecule has 4 heteroatoms. The first-order valence-electron chi connectivity index (χ1n) is 6.28. The normalized spacial score (nSPS) is 11.2. The molecule has 2 aromatic rings. The van der Waals surface area contributed by atoms with Gasteiger partial charge in [0.2, 0.25) is 0 Å². The first-order valence-corrected chi connectivity index (χ1v) is 6.28. The van der Waals surface area contributed by atoms with Crippen LogP contribution in [-0.4, -0.2) is 18.4 Å². The van der Waals surface area contributed by atoms with Gasteiger partial charge in [-0.1, -0.05) is 60.7 Å². The van der Waals surface area contributed by atoms with E-state index >= 15 is 0 Å². The van der Waals surface area contributed by atoms with Gasteiger partial charge in [-0.3, -0.25) is 4.99 Å². The van der Waals surface area contributed by atoms with Crippen molar-refractivity contribution in [2.45, 2.75) is 12.6 Å². The fraction of sp³-hybridized carbons (Fsp3) is 0.188. The van der Waals surface area contributed by atoms with Crippen molar-refractivity contribution in [3.63, 3.8) is 0 Å². The van der Waals surface area contributed by atoms with Crippen LogP contribution in [0.25, 0.3) is 0 Å². The minimum atomic E-state index is -4.18. The highest BCUT2D eigenvalue weighted by Crippen LogP contribution is 2.20. The molecule has 2 rings (SSSR count). The van der Waals surface area contributed by atoms with Crippen LogP contribution in [0.4, 0.5) is 13.2 Å². The van der Waals surface area contributed by atoms with Gasteiger partial charge in [0.05, 0.1) is 12.1 Å². The van der Waals surface area contributed by atoms with E-state index in [0.717, 1.165) is 11.1 Å². The fourth-order valence-corrected chi connectivity index (χ4v) is 1.84. The van der Waals surface area contributed by atoms with Crippen molar-refractivity contribution in [1.82, 2.24) is 0 Å². The SMILES string of the molecule is FC(F)(F)CCN=C(c1ccccc1)c1ccccc1. The first kappa shape index (κ1) is 14.3. The van der Waals surface area contributed by atoms with Crippen LogP contribution in [0, 0.1) is 0 Å². The highest BCUT2D eigenvalue weighted by Gasteiger charge is 2.26. The molecule has 0 atom stereocenters. The second-order valence-electron chi connectivity index (χ2n) is 4.33. The van der Waals surface area contributed by atoms with E-state index in [4.69, 9.17) is 0 Å². The Morgan fingerprint density at radius 3 is 1.65 bits per heavy atom. The van der Waals surface area contributed by atoms with Gasteiger partial charge in [0.25, 0.3) is 0 Å². The Morgan fingerprint density at radius 2 is 1.25 bits per heavy atom. The Hall–Kier alpha value is -2.10. The molecule has 0 aliphatic carbocycles. The summed E-state index contributed by atoms with van der Waals surface area (Å²) in [6.07, 6.45) is -5.09. The molecule has 0 spiro atoms. The Labute approximate surface area is 115 Å². The molecule has 0 bridgehead atoms. The van der Waals surface area contributed by atoms with Gasteiger partial charge in [-0.05, 0) is 0 Å². The third kappa shape index (κ3) is 4.23. The maximum atomic E-state index is 12.2. The van der Waals surface area contributed by atoms with Crippen LogP contribution in [0.5, 0.6) is 0 Å². The molecule has 1 nitrogen and oxygen atoms in total. The van der Waals surface area contributed by atoms with Gasteiger partial charge in [0.1, 0.15) is 0 Å². The minimum Gasteiger partial charge on any atom is -0.284 e. The molecule has 104 valence electrons. The van der Waals surface area contributed by atoms with Crippen molar-refractivity contribution >= 4 is 5.71 Å². The Kier molecular flexibility index (Phi) is 4.56. The lowest BCUT2D eigenvalue weighted by Crippen LogP contribution is -2.11. The van der Waals surface area contributed by atoms with Gasteiger partial charge >= 0.3 is 6.18 Å². The summed E-state index contributed by atoms with van der Waals surface area (Å²) in [5.41, 5.74) is 2.23. The molecule has 0 fully saturated rings. The fourth-order valence-electron chi connectivity index (χ4n) is 1.84. The van der Waals surface area contributed by atoms with Crippen LogP contribution in [0.1, 0.15) is 17.5 Å². The Morgan fingerprint density at radius 1 is 0.800 bits per heavy atom. The van der Waals surface area contributed by atoms with E-state index < -0.39 is 12.6 Å². The van der Waals surface area contributed by atoms with E-state index in [1.165, 1.54) is 0 Å². The molecule has 2 aromatic carbocycles. The second kappa shape index (κ2) is 6.37. The predicted octanol–water partition coefficient (Wildman–Crippen LogP) is 4.48. The largest absolute Gasteiger partial charge is 0.390 e. The van der Waals surface area contributed by atoms with E-state index in [9.17, 15) is 13.2 Å². The molecule has 0 amide bonds. The second-order valence-corrected chi connectivity index (χ2v) is 4.33. The molecule has 20 heavy (non-hydrogen) atoms. The number of hydrogen-bond acceptors (Lipinski definition) is 1. The molecular weight excluding hydrogens is 263 g/mol. The molecular formula is C16H14F3N. The van der Waals surface area contributed by atoms with Crippen LogP contribution >= 0.6 is 0 Å². The van der Waals surface area contributed by atoms with E-state index in [1.54, 1.807) is 0 Å². The number of alkyl halides is 3. The summed E-state index contributed by atoms with van der Waals surface area (Å²) < 4.78 is 36.7. The lowest BCUT2D eigenvalue weighted by Gasteiger charge is -2.08. The number of aliphatic imine (C=N–C) groups is 1. The molecule has 0 aliphatic rings. The summed E-state index contributed by atoms with van der Waals surface area (Å²) in [4.78, 5) is 4.15. The van der Waals surface area contributed by atoms with Crippen LogP contribution in [0.2, 0.25) is 0 Å². The number of rotatable bonds is 4. The summed E-state index contributed by atoms with van der Waals surface area (Å²) in [6.45, 7) is -0.261. The van der Waals surface area contributed by atoms with Crippen LogP contribution in [0.3, 0.4) is 0 Å². The molecule has 0 saturated carbocycles.